The van der Waals surface area contributed by atoms with Crippen molar-refractivity contribution in [3.63, 3.8) is 0 Å². The Balaban J connectivity index is 2.15. The van der Waals surface area contributed by atoms with E-state index in [-0.39, 0.29) is 11.4 Å². The van der Waals surface area contributed by atoms with Crippen molar-refractivity contribution in [1.29, 1.82) is 0 Å². The Morgan fingerprint density at radius 3 is 2.82 bits per heavy atom. The highest BCUT2D eigenvalue weighted by Gasteiger charge is 2.33. The Bertz CT molecular complexity index is 236. The van der Waals surface area contributed by atoms with Crippen LogP contribution in [0.4, 0.5) is 0 Å². The summed E-state index contributed by atoms with van der Waals surface area (Å²) in [5, 5.41) is 6.24. The summed E-state index contributed by atoms with van der Waals surface area (Å²) < 4.78 is 5.43. The molecule has 1 fully saturated rings. The fraction of sp³-hybridized carbons (Fsp3) is 0.923. The lowest BCUT2D eigenvalue weighted by atomic mass is 9.90. The molecule has 0 spiro atoms. The van der Waals surface area contributed by atoms with Crippen LogP contribution in [0.1, 0.15) is 40.0 Å². The largest absolute Gasteiger partial charge is 0.379 e. The zero-order valence-electron chi connectivity index (χ0n) is 11.3. The Labute approximate surface area is 104 Å². The van der Waals surface area contributed by atoms with Crippen molar-refractivity contribution in [2.75, 3.05) is 26.3 Å². The average Bonchev–Trinajstić information content (AvgIpc) is 2.29. The number of amides is 1. The number of ether oxygens (including phenoxy) is 1. The maximum absolute atomic E-state index is 12.0. The molecule has 2 N–H and O–H groups in total. The second kappa shape index (κ2) is 6.97. The quantitative estimate of drug-likeness (QED) is 0.690. The molecule has 17 heavy (non-hydrogen) atoms. The topological polar surface area (TPSA) is 50.4 Å². The molecule has 1 aliphatic rings. The third-order valence-electron chi connectivity index (χ3n) is 3.10. The Morgan fingerprint density at radius 2 is 2.24 bits per heavy atom. The fourth-order valence-corrected chi connectivity index (χ4v) is 2.00. The summed E-state index contributed by atoms with van der Waals surface area (Å²) in [4.78, 5) is 12.0. The van der Waals surface area contributed by atoms with Crippen molar-refractivity contribution in [3.8, 4) is 0 Å². The van der Waals surface area contributed by atoms with Gasteiger partial charge in [0.1, 0.15) is 0 Å². The van der Waals surface area contributed by atoms with Gasteiger partial charge in [-0.15, -0.1) is 0 Å². The number of hydrogen-bond donors (Lipinski definition) is 2. The first kappa shape index (κ1) is 14.5. The fourth-order valence-electron chi connectivity index (χ4n) is 2.00. The van der Waals surface area contributed by atoms with Crippen molar-refractivity contribution >= 4 is 5.91 Å². The lowest BCUT2D eigenvalue weighted by Crippen LogP contribution is -2.57. The van der Waals surface area contributed by atoms with Crippen molar-refractivity contribution in [3.05, 3.63) is 0 Å². The van der Waals surface area contributed by atoms with Gasteiger partial charge < -0.3 is 15.4 Å². The van der Waals surface area contributed by atoms with Gasteiger partial charge in [0.15, 0.2) is 0 Å². The highest BCUT2D eigenvalue weighted by atomic mass is 16.5. The molecule has 0 aromatic carbocycles. The van der Waals surface area contributed by atoms with E-state index in [9.17, 15) is 4.79 Å². The number of carbonyl (C=O) groups is 1. The van der Waals surface area contributed by atoms with Crippen LogP contribution < -0.4 is 10.6 Å². The Kier molecular flexibility index (Phi) is 5.92. The zero-order valence-corrected chi connectivity index (χ0v) is 11.3. The van der Waals surface area contributed by atoms with Gasteiger partial charge in [0.05, 0.1) is 12.1 Å². The molecule has 4 heteroatoms. The summed E-state index contributed by atoms with van der Waals surface area (Å²) in [6.07, 6.45) is 3.22. The monoisotopic (exact) mass is 242 g/mol. The van der Waals surface area contributed by atoms with Gasteiger partial charge in [0.2, 0.25) is 5.91 Å². The highest BCUT2D eigenvalue weighted by Crippen LogP contribution is 2.18. The second-order valence-electron chi connectivity index (χ2n) is 5.44. The van der Waals surface area contributed by atoms with Crippen LogP contribution in [-0.4, -0.2) is 37.7 Å². The van der Waals surface area contributed by atoms with Gasteiger partial charge in [-0.25, -0.2) is 0 Å². The minimum absolute atomic E-state index is 0.102. The van der Waals surface area contributed by atoms with Gasteiger partial charge >= 0.3 is 0 Å². The summed E-state index contributed by atoms with van der Waals surface area (Å²) >= 11 is 0. The summed E-state index contributed by atoms with van der Waals surface area (Å²) in [7, 11) is 0. The maximum Gasteiger partial charge on any atom is 0.240 e. The molecule has 1 aliphatic heterocycles. The lowest BCUT2D eigenvalue weighted by Gasteiger charge is -2.33. The van der Waals surface area contributed by atoms with Crippen LogP contribution in [0, 0.1) is 5.92 Å². The van der Waals surface area contributed by atoms with Gasteiger partial charge in [-0.1, -0.05) is 13.8 Å². The standard InChI is InChI=1S/C13H26N2O2/c1-11(2)10-17-9-8-14-12(16)13(3)6-4-5-7-15-13/h11,15H,4-10H2,1-3H3,(H,14,16). The van der Waals surface area contributed by atoms with Crippen LogP contribution in [0.2, 0.25) is 0 Å². The Hall–Kier alpha value is -0.610. The molecule has 1 unspecified atom stereocenters. The first-order valence-electron chi connectivity index (χ1n) is 6.66. The minimum Gasteiger partial charge on any atom is -0.379 e. The van der Waals surface area contributed by atoms with E-state index >= 15 is 0 Å². The molecule has 1 rings (SSSR count). The first-order valence-corrected chi connectivity index (χ1v) is 6.66. The molecular formula is C13H26N2O2. The van der Waals surface area contributed by atoms with Crippen LogP contribution in [0.5, 0.6) is 0 Å². The SMILES string of the molecule is CC(C)COCCNC(=O)C1(C)CCCCN1. The lowest BCUT2D eigenvalue weighted by molar-refractivity contribution is -0.128. The van der Waals surface area contributed by atoms with Crippen LogP contribution in [0.15, 0.2) is 0 Å². The number of piperidine rings is 1. The van der Waals surface area contributed by atoms with Gasteiger partial charge in [-0.3, -0.25) is 4.79 Å². The van der Waals surface area contributed by atoms with E-state index in [4.69, 9.17) is 4.74 Å². The molecular weight excluding hydrogens is 216 g/mol. The molecule has 4 nitrogen and oxygen atoms in total. The third kappa shape index (κ3) is 5.04. The predicted octanol–water partition coefficient (Wildman–Crippen LogP) is 1.31. The average molecular weight is 242 g/mol. The smallest absolute Gasteiger partial charge is 0.240 e. The van der Waals surface area contributed by atoms with Crippen LogP contribution in [-0.2, 0) is 9.53 Å². The van der Waals surface area contributed by atoms with E-state index in [1.807, 2.05) is 6.92 Å². The summed E-state index contributed by atoms with van der Waals surface area (Å²) in [5.74, 6) is 0.647. The molecule has 0 aromatic rings. The molecule has 0 aliphatic carbocycles. The predicted molar refractivity (Wildman–Crippen MR) is 68.9 cm³/mol. The molecule has 0 aromatic heterocycles. The van der Waals surface area contributed by atoms with E-state index in [0.29, 0.717) is 19.1 Å². The van der Waals surface area contributed by atoms with Crippen molar-refractivity contribution in [2.24, 2.45) is 5.92 Å². The van der Waals surface area contributed by atoms with E-state index in [0.717, 1.165) is 26.0 Å². The molecule has 0 radical (unpaired) electrons. The molecule has 0 bridgehead atoms. The van der Waals surface area contributed by atoms with Crippen LogP contribution >= 0.6 is 0 Å². The Morgan fingerprint density at radius 1 is 1.47 bits per heavy atom. The summed E-state index contributed by atoms with van der Waals surface area (Å²) in [6.45, 7) is 9.11. The van der Waals surface area contributed by atoms with E-state index in [1.54, 1.807) is 0 Å². The molecule has 0 saturated carbocycles. The van der Waals surface area contributed by atoms with Gasteiger partial charge in [-0.2, -0.15) is 0 Å². The summed E-state index contributed by atoms with van der Waals surface area (Å²) in [5.41, 5.74) is -0.379. The first-order chi connectivity index (χ1) is 8.04. The number of hydrogen-bond acceptors (Lipinski definition) is 3. The van der Waals surface area contributed by atoms with Crippen molar-refractivity contribution in [1.82, 2.24) is 10.6 Å². The van der Waals surface area contributed by atoms with Crippen molar-refractivity contribution in [2.45, 2.75) is 45.6 Å². The number of nitrogens with one attached hydrogen (secondary N) is 2. The second-order valence-corrected chi connectivity index (χ2v) is 5.44. The van der Waals surface area contributed by atoms with Gasteiger partial charge in [-0.05, 0) is 38.6 Å². The normalized spacial score (nSPS) is 24.9. The van der Waals surface area contributed by atoms with Gasteiger partial charge in [0, 0.05) is 13.2 Å². The third-order valence-corrected chi connectivity index (χ3v) is 3.10. The van der Waals surface area contributed by atoms with E-state index < -0.39 is 0 Å². The summed E-state index contributed by atoms with van der Waals surface area (Å²) in [6, 6.07) is 0. The molecule has 100 valence electrons. The van der Waals surface area contributed by atoms with E-state index in [2.05, 4.69) is 24.5 Å². The molecule has 1 saturated heterocycles. The molecule has 1 atom stereocenters. The van der Waals surface area contributed by atoms with E-state index in [1.165, 1.54) is 6.42 Å². The maximum atomic E-state index is 12.0. The van der Waals surface area contributed by atoms with Gasteiger partial charge in [0.25, 0.3) is 0 Å². The molecule has 1 heterocycles. The minimum atomic E-state index is -0.379. The van der Waals surface area contributed by atoms with Crippen LogP contribution in [0.3, 0.4) is 0 Å². The van der Waals surface area contributed by atoms with Crippen molar-refractivity contribution < 1.29 is 9.53 Å². The number of rotatable bonds is 6. The molecule has 1 amide bonds. The highest BCUT2D eigenvalue weighted by molar-refractivity contribution is 5.85. The van der Waals surface area contributed by atoms with Crippen LogP contribution in [0.25, 0.3) is 0 Å². The number of carbonyl (C=O) groups excluding carboxylic acids is 1. The zero-order chi connectivity index (χ0) is 12.7.